The minimum Gasteiger partial charge on any atom is -0.545 e. The van der Waals surface area contributed by atoms with E-state index in [9.17, 15) is 29.4 Å². The Labute approximate surface area is 332 Å². The average Bonchev–Trinajstić information content (AvgIpc) is 3.09. The van der Waals surface area contributed by atoms with Gasteiger partial charge in [0.25, 0.3) is 0 Å². The predicted molar refractivity (Wildman–Crippen MR) is 200 cm³/mol. The zero-order chi connectivity index (χ0) is 37.2. The first-order valence-corrected chi connectivity index (χ1v) is 20.4. The first-order chi connectivity index (χ1) is 24.3. The van der Waals surface area contributed by atoms with E-state index in [1.54, 1.807) is 0 Å². The van der Waals surface area contributed by atoms with Crippen molar-refractivity contribution >= 4 is 23.9 Å². The average molecular weight is 819 g/mol. The van der Waals surface area contributed by atoms with E-state index in [4.69, 9.17) is 9.47 Å². The largest absolute Gasteiger partial charge is 2.00 e. The first-order valence-electron chi connectivity index (χ1n) is 20.4. The van der Waals surface area contributed by atoms with Gasteiger partial charge in [0, 0.05) is 12.2 Å². The number of carbonyl (C=O) groups is 4. The molecular formula is C42H74CdO8. The third-order valence-electron chi connectivity index (χ3n) is 8.70. The van der Waals surface area contributed by atoms with Crippen LogP contribution in [0.25, 0.3) is 0 Å². The molecule has 0 bridgehead atoms. The summed E-state index contributed by atoms with van der Waals surface area (Å²) in [5, 5.41) is 20.2. The Morgan fingerprint density at radius 2 is 0.549 bits per heavy atom. The smallest absolute Gasteiger partial charge is 0.545 e. The summed E-state index contributed by atoms with van der Waals surface area (Å²) in [7, 11) is 0. The number of carboxylic acid groups (broad SMARTS) is 2. The van der Waals surface area contributed by atoms with Gasteiger partial charge in [-0.15, -0.1) is 0 Å². The molecule has 0 aliphatic rings. The summed E-state index contributed by atoms with van der Waals surface area (Å²) in [6.07, 6.45) is 42.0. The second-order valence-corrected chi connectivity index (χ2v) is 13.5. The molecule has 0 aliphatic carbocycles. The van der Waals surface area contributed by atoms with Crippen LogP contribution in [0.3, 0.4) is 0 Å². The molecule has 0 amide bonds. The number of rotatable bonds is 36. The van der Waals surface area contributed by atoms with Crippen LogP contribution in [0.15, 0.2) is 24.3 Å². The fraction of sp³-hybridized carbons (Fsp3) is 0.810. The number of hydrogen-bond acceptors (Lipinski definition) is 8. The van der Waals surface area contributed by atoms with Gasteiger partial charge >= 0.3 is 39.2 Å². The Kier molecular flexibility index (Phi) is 48.7. The number of carboxylic acids is 2. The van der Waals surface area contributed by atoms with Crippen molar-refractivity contribution in [3.63, 3.8) is 0 Å². The van der Waals surface area contributed by atoms with Crippen molar-refractivity contribution in [1.82, 2.24) is 0 Å². The van der Waals surface area contributed by atoms with Crippen LogP contribution in [0, 0.1) is 0 Å². The van der Waals surface area contributed by atoms with Gasteiger partial charge in [0.2, 0.25) is 0 Å². The molecule has 51 heavy (non-hydrogen) atoms. The predicted octanol–water partition coefficient (Wildman–Crippen LogP) is 9.41. The van der Waals surface area contributed by atoms with E-state index < -0.39 is 23.9 Å². The van der Waals surface area contributed by atoms with E-state index in [1.807, 2.05) is 0 Å². The maximum Gasteiger partial charge on any atom is 2.00 e. The molecule has 9 heteroatoms. The Morgan fingerprint density at radius 1 is 0.353 bits per heavy atom. The second kappa shape index (κ2) is 46.3. The van der Waals surface area contributed by atoms with E-state index in [1.165, 1.54) is 167 Å². The molecule has 0 saturated carbocycles. The van der Waals surface area contributed by atoms with Crippen molar-refractivity contribution in [2.45, 2.75) is 206 Å². The summed E-state index contributed by atoms with van der Waals surface area (Å²) in [5.74, 6) is -4.00. The van der Waals surface area contributed by atoms with Crippen molar-refractivity contribution in [2.75, 3.05) is 13.2 Å². The van der Waals surface area contributed by atoms with Gasteiger partial charge < -0.3 is 29.3 Å². The topological polar surface area (TPSA) is 133 Å². The molecule has 0 aromatic carbocycles. The van der Waals surface area contributed by atoms with Crippen LogP contribution in [0.4, 0.5) is 0 Å². The Hall–Kier alpha value is -1.72. The van der Waals surface area contributed by atoms with Crippen LogP contribution in [0.2, 0.25) is 0 Å². The Bertz CT molecular complexity index is 775. The molecule has 0 radical (unpaired) electrons. The fourth-order valence-corrected chi connectivity index (χ4v) is 5.66. The van der Waals surface area contributed by atoms with Crippen molar-refractivity contribution in [1.29, 1.82) is 0 Å². The molecule has 0 N–H and O–H groups in total. The maximum atomic E-state index is 11.1. The molecule has 0 unspecified atom stereocenters. The third-order valence-corrected chi connectivity index (χ3v) is 8.70. The summed E-state index contributed by atoms with van der Waals surface area (Å²) in [6, 6.07) is 0. The SMILES string of the molecule is CCCCCCCCCCCCCCCCCOC(=O)/C=C\C(=O)[O-].CCCCCCCCCCCCCCCCCOC(=O)/C=C\C(=O)[O-].[Cd+2]. The van der Waals surface area contributed by atoms with Gasteiger partial charge in [-0.2, -0.15) is 0 Å². The molecule has 0 aromatic rings. The molecule has 0 atom stereocenters. The Balaban J connectivity index is -0.000000886. The maximum absolute atomic E-state index is 11.1. The van der Waals surface area contributed by atoms with E-state index in [0.717, 1.165) is 37.8 Å². The van der Waals surface area contributed by atoms with Crippen LogP contribution >= 0.6 is 0 Å². The molecule has 0 fully saturated rings. The van der Waals surface area contributed by atoms with Crippen LogP contribution in [0.1, 0.15) is 206 Å². The van der Waals surface area contributed by atoms with Crippen molar-refractivity contribution < 1.29 is 66.2 Å². The summed E-state index contributed by atoms with van der Waals surface area (Å²) in [4.78, 5) is 42.4. The number of hydrogen-bond donors (Lipinski definition) is 0. The molecule has 0 aromatic heterocycles. The quantitative estimate of drug-likeness (QED) is 0.0264. The second-order valence-electron chi connectivity index (χ2n) is 13.5. The summed E-state index contributed by atoms with van der Waals surface area (Å²) < 4.78 is 9.78. The molecule has 0 saturated heterocycles. The summed E-state index contributed by atoms with van der Waals surface area (Å²) >= 11 is 0. The van der Waals surface area contributed by atoms with Crippen LogP contribution < -0.4 is 10.2 Å². The fourth-order valence-electron chi connectivity index (χ4n) is 5.66. The third kappa shape index (κ3) is 52.7. The van der Waals surface area contributed by atoms with Crippen molar-refractivity contribution in [3.8, 4) is 0 Å². The summed E-state index contributed by atoms with van der Waals surface area (Å²) in [6.45, 7) is 5.23. The first kappa shape index (κ1) is 53.6. The Morgan fingerprint density at radius 3 is 0.745 bits per heavy atom. The molecule has 0 spiro atoms. The van der Waals surface area contributed by atoms with Gasteiger partial charge in [-0.25, -0.2) is 9.59 Å². The van der Waals surface area contributed by atoms with Gasteiger partial charge in [-0.1, -0.05) is 194 Å². The van der Waals surface area contributed by atoms with E-state index in [0.29, 0.717) is 25.4 Å². The molecule has 8 nitrogen and oxygen atoms in total. The van der Waals surface area contributed by atoms with Crippen LogP contribution in [-0.4, -0.2) is 37.1 Å². The number of carbonyl (C=O) groups excluding carboxylic acids is 4. The van der Waals surface area contributed by atoms with E-state index in [2.05, 4.69) is 13.8 Å². The normalized spacial score (nSPS) is 10.9. The minimum absolute atomic E-state index is 0. The minimum atomic E-state index is -1.39. The molecular weight excluding hydrogens is 745 g/mol. The number of ether oxygens (including phenoxy) is 2. The zero-order valence-electron chi connectivity index (χ0n) is 32.9. The van der Waals surface area contributed by atoms with Crippen molar-refractivity contribution in [2.24, 2.45) is 0 Å². The van der Waals surface area contributed by atoms with Gasteiger partial charge in [0.1, 0.15) is 0 Å². The number of aliphatic carboxylic acids is 2. The summed E-state index contributed by atoms with van der Waals surface area (Å²) in [5.41, 5.74) is 0. The van der Waals surface area contributed by atoms with Crippen molar-refractivity contribution in [3.05, 3.63) is 24.3 Å². The number of esters is 2. The van der Waals surface area contributed by atoms with Crippen LogP contribution in [-0.2, 0) is 56.0 Å². The zero-order valence-corrected chi connectivity index (χ0v) is 36.9. The molecule has 0 aliphatic heterocycles. The van der Waals surface area contributed by atoms with Gasteiger partial charge in [0.05, 0.1) is 25.2 Å². The van der Waals surface area contributed by atoms with Gasteiger partial charge in [-0.3, -0.25) is 0 Å². The van der Waals surface area contributed by atoms with E-state index >= 15 is 0 Å². The number of unbranched alkanes of at least 4 members (excludes halogenated alkanes) is 28. The van der Waals surface area contributed by atoms with Crippen LogP contribution in [0.5, 0.6) is 0 Å². The molecule has 292 valence electrons. The van der Waals surface area contributed by atoms with Gasteiger partial charge in [-0.05, 0) is 25.0 Å². The molecule has 0 rings (SSSR count). The van der Waals surface area contributed by atoms with E-state index in [-0.39, 0.29) is 27.3 Å². The standard InChI is InChI=1S/2C21H38O4.Cd/c2*1-2-3-4-5-6-7-8-9-10-11-12-13-14-15-16-19-25-21(24)18-17-20(22)23;/h2*17-18H,2-16,19H2,1H3,(H,22,23);/q;;+2/p-2/b2*18-17-;. The monoisotopic (exact) mass is 820 g/mol. The van der Waals surface area contributed by atoms with Gasteiger partial charge in [0.15, 0.2) is 0 Å². The molecule has 0 heterocycles.